The third kappa shape index (κ3) is 4.50. The second-order valence-electron chi connectivity index (χ2n) is 6.05. The van der Waals surface area contributed by atoms with Crippen molar-refractivity contribution in [3.8, 4) is 0 Å². The molecule has 0 radical (unpaired) electrons. The van der Waals surface area contributed by atoms with Gasteiger partial charge in [-0.25, -0.2) is 0 Å². The first-order valence-corrected chi connectivity index (χ1v) is 8.41. The predicted octanol–water partition coefficient (Wildman–Crippen LogP) is 2.69. The smallest absolute Gasteiger partial charge is 0.191 e. The largest absolute Gasteiger partial charge is 0.464 e. The van der Waals surface area contributed by atoms with Gasteiger partial charge in [0.05, 0.1) is 6.04 Å². The quantitative estimate of drug-likeness (QED) is 0.649. The van der Waals surface area contributed by atoms with E-state index in [-0.39, 0.29) is 6.04 Å². The lowest BCUT2D eigenvalue weighted by atomic mass is 10.0. The van der Waals surface area contributed by atoms with Crippen molar-refractivity contribution in [2.45, 2.75) is 52.1 Å². The van der Waals surface area contributed by atoms with Gasteiger partial charge in [-0.2, -0.15) is 0 Å². The van der Waals surface area contributed by atoms with Crippen LogP contribution < -0.4 is 10.6 Å². The van der Waals surface area contributed by atoms with Gasteiger partial charge in [-0.15, -0.1) is 0 Å². The first-order chi connectivity index (χ1) is 10.6. The standard InChI is InChI=1S/C17H30N4O/c1-5-21-11-7-6-8-15(21)12-19-17(18-4)20-14(3)16-10-9-13(2)22-16/h9-10,14-15H,5-8,11-12H2,1-4H3,(H2,18,19,20). The Balaban J connectivity index is 1.84. The highest BCUT2D eigenvalue weighted by Gasteiger charge is 2.21. The maximum atomic E-state index is 5.67. The minimum absolute atomic E-state index is 0.105. The van der Waals surface area contributed by atoms with Crippen molar-refractivity contribution in [3.63, 3.8) is 0 Å². The first kappa shape index (κ1) is 16.9. The zero-order chi connectivity index (χ0) is 15.9. The summed E-state index contributed by atoms with van der Waals surface area (Å²) in [5.41, 5.74) is 0. The summed E-state index contributed by atoms with van der Waals surface area (Å²) in [7, 11) is 1.81. The van der Waals surface area contributed by atoms with E-state index in [4.69, 9.17) is 4.42 Å². The summed E-state index contributed by atoms with van der Waals surface area (Å²) in [5.74, 6) is 2.71. The number of nitrogens with zero attached hydrogens (tertiary/aromatic N) is 2. The van der Waals surface area contributed by atoms with E-state index in [1.54, 1.807) is 0 Å². The Morgan fingerprint density at radius 1 is 1.45 bits per heavy atom. The topological polar surface area (TPSA) is 52.8 Å². The molecule has 1 aliphatic heterocycles. The van der Waals surface area contributed by atoms with Crippen molar-refractivity contribution in [3.05, 3.63) is 23.7 Å². The number of aryl methyl sites for hydroxylation is 1. The summed E-state index contributed by atoms with van der Waals surface area (Å²) >= 11 is 0. The molecule has 2 N–H and O–H groups in total. The molecule has 1 aromatic rings. The van der Waals surface area contributed by atoms with Gasteiger partial charge in [0.25, 0.3) is 0 Å². The minimum atomic E-state index is 0.105. The summed E-state index contributed by atoms with van der Waals surface area (Å²) < 4.78 is 5.67. The Morgan fingerprint density at radius 3 is 2.91 bits per heavy atom. The van der Waals surface area contributed by atoms with Crippen molar-refractivity contribution in [1.82, 2.24) is 15.5 Å². The minimum Gasteiger partial charge on any atom is -0.464 e. The van der Waals surface area contributed by atoms with Crippen LogP contribution in [0.5, 0.6) is 0 Å². The van der Waals surface area contributed by atoms with E-state index in [1.165, 1.54) is 25.8 Å². The number of likely N-dealkylation sites (N-methyl/N-ethyl adjacent to an activating group) is 1. The second kappa shape index (κ2) is 8.22. The number of furan rings is 1. The highest BCUT2D eigenvalue weighted by atomic mass is 16.3. The third-order valence-electron chi connectivity index (χ3n) is 4.43. The monoisotopic (exact) mass is 306 g/mol. The van der Waals surface area contributed by atoms with Crippen molar-refractivity contribution < 1.29 is 4.42 Å². The molecule has 1 saturated heterocycles. The summed E-state index contributed by atoms with van der Waals surface area (Å²) in [4.78, 5) is 6.89. The molecule has 1 fully saturated rings. The molecule has 0 bridgehead atoms. The molecule has 0 spiro atoms. The third-order valence-corrected chi connectivity index (χ3v) is 4.43. The SMILES string of the molecule is CCN1CCCCC1CNC(=NC)NC(C)c1ccc(C)o1. The lowest BCUT2D eigenvalue weighted by Gasteiger charge is -2.35. The Labute approximate surface area is 134 Å². The van der Waals surface area contributed by atoms with Gasteiger partial charge in [0.2, 0.25) is 0 Å². The molecule has 0 aliphatic carbocycles. The average Bonchev–Trinajstić information content (AvgIpc) is 2.98. The van der Waals surface area contributed by atoms with E-state index in [0.29, 0.717) is 6.04 Å². The van der Waals surface area contributed by atoms with E-state index in [2.05, 4.69) is 34.4 Å². The van der Waals surface area contributed by atoms with Crippen LogP contribution >= 0.6 is 0 Å². The van der Waals surface area contributed by atoms with Crippen LogP contribution in [0.3, 0.4) is 0 Å². The summed E-state index contributed by atoms with van der Waals surface area (Å²) in [6, 6.07) is 4.72. The fourth-order valence-corrected chi connectivity index (χ4v) is 3.08. The van der Waals surface area contributed by atoms with Crippen LogP contribution in [0.15, 0.2) is 21.5 Å². The Kier molecular flexibility index (Phi) is 6.31. The fourth-order valence-electron chi connectivity index (χ4n) is 3.08. The molecule has 2 rings (SSSR count). The van der Waals surface area contributed by atoms with Crippen molar-refractivity contribution in [1.29, 1.82) is 0 Å². The van der Waals surface area contributed by atoms with Gasteiger partial charge in [0, 0.05) is 19.6 Å². The molecular weight excluding hydrogens is 276 g/mol. The maximum Gasteiger partial charge on any atom is 0.191 e. The first-order valence-electron chi connectivity index (χ1n) is 8.41. The van der Waals surface area contributed by atoms with E-state index in [0.717, 1.165) is 30.6 Å². The molecule has 1 aliphatic rings. The van der Waals surface area contributed by atoms with Gasteiger partial charge >= 0.3 is 0 Å². The molecule has 5 nitrogen and oxygen atoms in total. The Morgan fingerprint density at radius 2 is 2.27 bits per heavy atom. The van der Waals surface area contributed by atoms with Crippen LogP contribution in [0, 0.1) is 6.92 Å². The second-order valence-corrected chi connectivity index (χ2v) is 6.05. The number of hydrogen-bond acceptors (Lipinski definition) is 3. The maximum absolute atomic E-state index is 5.67. The average molecular weight is 306 g/mol. The molecule has 0 saturated carbocycles. The van der Waals surface area contributed by atoms with E-state index >= 15 is 0 Å². The summed E-state index contributed by atoms with van der Waals surface area (Å²) in [6.07, 6.45) is 3.92. The van der Waals surface area contributed by atoms with E-state index in [1.807, 2.05) is 26.1 Å². The molecule has 1 aromatic heterocycles. The molecule has 2 heterocycles. The van der Waals surface area contributed by atoms with Crippen molar-refractivity contribution >= 4 is 5.96 Å². The number of aliphatic imine (C=N–C) groups is 1. The van der Waals surface area contributed by atoms with Crippen LogP contribution in [-0.2, 0) is 0 Å². The zero-order valence-electron chi connectivity index (χ0n) is 14.4. The van der Waals surface area contributed by atoms with Crippen molar-refractivity contribution in [2.75, 3.05) is 26.7 Å². The van der Waals surface area contributed by atoms with Crippen LogP contribution in [0.2, 0.25) is 0 Å². The highest BCUT2D eigenvalue weighted by Crippen LogP contribution is 2.17. The number of nitrogens with one attached hydrogen (secondary N) is 2. The van der Waals surface area contributed by atoms with Gasteiger partial charge in [-0.05, 0) is 51.9 Å². The fraction of sp³-hybridized carbons (Fsp3) is 0.706. The summed E-state index contributed by atoms with van der Waals surface area (Å²) in [6.45, 7) is 9.58. The Hall–Kier alpha value is -1.49. The van der Waals surface area contributed by atoms with Crippen LogP contribution in [0.25, 0.3) is 0 Å². The van der Waals surface area contributed by atoms with Gasteiger partial charge in [0.1, 0.15) is 11.5 Å². The van der Waals surface area contributed by atoms with Gasteiger partial charge in [-0.1, -0.05) is 13.3 Å². The molecular formula is C17H30N4O. The molecule has 124 valence electrons. The lowest BCUT2D eigenvalue weighted by Crippen LogP contribution is -2.49. The van der Waals surface area contributed by atoms with Crippen molar-refractivity contribution in [2.24, 2.45) is 4.99 Å². The summed E-state index contributed by atoms with van der Waals surface area (Å²) in [5, 5.41) is 6.86. The number of piperidine rings is 1. The molecule has 2 unspecified atom stereocenters. The van der Waals surface area contributed by atoms with Crippen LogP contribution in [0.4, 0.5) is 0 Å². The van der Waals surface area contributed by atoms with Crippen LogP contribution in [-0.4, -0.2) is 43.6 Å². The molecule has 22 heavy (non-hydrogen) atoms. The number of hydrogen-bond donors (Lipinski definition) is 2. The van der Waals surface area contributed by atoms with Gasteiger partial charge < -0.3 is 15.1 Å². The highest BCUT2D eigenvalue weighted by molar-refractivity contribution is 5.80. The normalized spacial score (nSPS) is 21.6. The number of rotatable bonds is 5. The van der Waals surface area contributed by atoms with Gasteiger partial charge in [0.15, 0.2) is 5.96 Å². The van der Waals surface area contributed by atoms with E-state index in [9.17, 15) is 0 Å². The van der Waals surface area contributed by atoms with E-state index < -0.39 is 0 Å². The molecule has 5 heteroatoms. The molecule has 0 amide bonds. The predicted molar refractivity (Wildman–Crippen MR) is 91.2 cm³/mol. The Bertz CT molecular complexity index is 483. The molecule has 0 aromatic carbocycles. The number of likely N-dealkylation sites (tertiary alicyclic amines) is 1. The van der Waals surface area contributed by atoms with Crippen LogP contribution in [0.1, 0.15) is 50.7 Å². The zero-order valence-corrected chi connectivity index (χ0v) is 14.4. The van der Waals surface area contributed by atoms with Gasteiger partial charge in [-0.3, -0.25) is 9.89 Å². The number of guanidine groups is 1. The molecule has 2 atom stereocenters. The lowest BCUT2D eigenvalue weighted by molar-refractivity contribution is 0.157.